The van der Waals surface area contributed by atoms with Crippen LogP contribution in [0.15, 0.2) is 200 Å². The molecule has 130 heavy (non-hydrogen) atoms. The summed E-state index contributed by atoms with van der Waals surface area (Å²) in [5.74, 6) is 0.00419. The molecule has 4 amide bonds. The standard InChI is InChI=1S/C26H25N7O.C22H21BrClN7O.2C22H21Cl2N7O/c1-16-8-10-18(11-9-16)22-21-23(27)29-15-30-24(21)33(32-22)26(2,3)14-28-25(34)20-13-12-17-6-4-5-7-19(17)31-20;2*1-12-4-6-13(7-5-12)17-16-19(25)27-11-28-20(16)31(30-17)22(2,3)10-26-21(32)18-14(23)8-9-15(24)29-18;1-12-4-6-13(7-5-12)17-16-19(25)27-11-28-20(16)31(30-17)22(2,3)10-26-21(32)14-8-9-15(23)29-18(14)24/h4-13,15H,14H2,1-3H3,(H,28,34)(H2,27,29,30);3*4-9,11H,10H2,1-3H3,(H,26,32)(H2,25,27,28). The van der Waals surface area contributed by atoms with Crippen LogP contribution in [0.5, 0.6) is 0 Å². The fraction of sp³-hybridized carbons (Fsp3) is 0.217. The molecule has 38 heteroatoms. The summed E-state index contributed by atoms with van der Waals surface area (Å²) in [6.45, 7) is 24.8. The van der Waals surface area contributed by atoms with Crippen LogP contribution in [0.2, 0.25) is 25.6 Å². The van der Waals surface area contributed by atoms with E-state index in [0.717, 1.165) is 55.4 Å². The monoisotopic (exact) mass is 1900 g/mol. The van der Waals surface area contributed by atoms with Gasteiger partial charge in [0, 0.05) is 58.3 Å². The maximum absolute atomic E-state index is 12.9. The zero-order valence-corrected chi connectivity index (χ0v) is 77.8. The minimum atomic E-state index is -0.664. The minimum Gasteiger partial charge on any atom is -0.383 e. The van der Waals surface area contributed by atoms with Crippen LogP contribution in [-0.2, 0) is 22.2 Å². The molecule has 0 saturated carbocycles. The van der Waals surface area contributed by atoms with Gasteiger partial charge in [-0.15, -0.1) is 0 Å². The van der Waals surface area contributed by atoms with Gasteiger partial charge in [-0.2, -0.15) is 20.4 Å². The molecule has 0 unspecified atom stereocenters. The number of carbonyl (C=O) groups excluding carboxylic acids is 4. The lowest BCUT2D eigenvalue weighted by molar-refractivity contribution is 0.0923. The molecule has 0 spiro atoms. The number of fused-ring (bicyclic) bond motifs is 5. The van der Waals surface area contributed by atoms with Crippen LogP contribution in [-0.4, -0.2) is 149 Å². The van der Waals surface area contributed by atoms with Crippen molar-refractivity contribution in [1.29, 1.82) is 0 Å². The third kappa shape index (κ3) is 20.2. The van der Waals surface area contributed by atoms with Gasteiger partial charge >= 0.3 is 0 Å². The number of benzene rings is 5. The Hall–Kier alpha value is -13.8. The predicted molar refractivity (Wildman–Crippen MR) is 513 cm³/mol. The highest BCUT2D eigenvalue weighted by Gasteiger charge is 2.35. The Morgan fingerprint density at radius 3 is 1.03 bits per heavy atom. The van der Waals surface area contributed by atoms with Crippen molar-refractivity contribution in [2.75, 3.05) is 49.1 Å². The average molecular weight is 1910 g/mol. The lowest BCUT2D eigenvalue weighted by atomic mass is 10.1. The summed E-state index contributed by atoms with van der Waals surface area (Å²) in [6, 6.07) is 52.8. The molecule has 0 fully saturated rings. The summed E-state index contributed by atoms with van der Waals surface area (Å²) in [5, 5.41) is 35.6. The van der Waals surface area contributed by atoms with Crippen LogP contribution in [0.4, 0.5) is 23.3 Å². The molecule has 0 atom stereocenters. The second kappa shape index (κ2) is 38.2. The highest BCUT2D eigenvalue weighted by Crippen LogP contribution is 2.39. The third-order valence-corrected chi connectivity index (χ3v) is 23.1. The van der Waals surface area contributed by atoms with Crippen molar-refractivity contribution in [3.05, 3.63) is 270 Å². The van der Waals surface area contributed by atoms with E-state index in [4.69, 9.17) is 101 Å². The van der Waals surface area contributed by atoms with E-state index in [-0.39, 0.29) is 79.9 Å². The molecule has 662 valence electrons. The van der Waals surface area contributed by atoms with Gasteiger partial charge in [0.2, 0.25) is 0 Å². The molecule has 12 heterocycles. The van der Waals surface area contributed by atoms with Crippen LogP contribution in [0.1, 0.15) is 119 Å². The van der Waals surface area contributed by atoms with Crippen LogP contribution >= 0.6 is 73.9 Å². The summed E-state index contributed by atoms with van der Waals surface area (Å²) in [5.41, 5.74) is 37.3. The molecule has 32 nitrogen and oxygen atoms in total. The Morgan fingerprint density at radius 1 is 0.346 bits per heavy atom. The first-order valence-corrected chi connectivity index (χ1v) is 43.2. The quantitative estimate of drug-likeness (QED) is 0.0329. The van der Waals surface area contributed by atoms with E-state index in [2.05, 4.69) is 97.0 Å². The van der Waals surface area contributed by atoms with E-state index in [1.54, 1.807) is 32.2 Å². The lowest BCUT2D eigenvalue weighted by Crippen LogP contribution is -2.41. The number of carbonyl (C=O) groups is 4. The van der Waals surface area contributed by atoms with Crippen molar-refractivity contribution in [1.82, 2.24) is 120 Å². The summed E-state index contributed by atoms with van der Waals surface area (Å²) in [6.07, 6.45) is 5.65. The summed E-state index contributed by atoms with van der Waals surface area (Å²) in [7, 11) is 0. The second-order valence-corrected chi connectivity index (χ2v) is 35.9. The van der Waals surface area contributed by atoms with Crippen molar-refractivity contribution < 1.29 is 19.2 Å². The second-order valence-electron chi connectivity index (χ2n) is 33.1. The molecule has 0 aliphatic heterocycles. The molecule has 0 radical (unpaired) electrons. The summed E-state index contributed by atoms with van der Waals surface area (Å²) >= 11 is 33.2. The number of aromatic nitrogens is 20. The molecule has 5 aromatic carbocycles. The number of halogens is 6. The Morgan fingerprint density at radius 2 is 0.662 bits per heavy atom. The number of para-hydroxylation sites is 1. The topological polar surface area (TPSA) is 446 Å². The molecule has 0 aliphatic rings. The molecular weight excluding hydrogens is 1820 g/mol. The van der Waals surface area contributed by atoms with Gasteiger partial charge in [0.25, 0.3) is 23.6 Å². The molecule has 0 bridgehead atoms. The van der Waals surface area contributed by atoms with Crippen molar-refractivity contribution in [3.8, 4) is 45.0 Å². The van der Waals surface area contributed by atoms with E-state index < -0.39 is 28.1 Å². The number of anilines is 4. The van der Waals surface area contributed by atoms with E-state index >= 15 is 0 Å². The minimum absolute atomic E-state index is 0.0412. The van der Waals surface area contributed by atoms with Crippen molar-refractivity contribution in [2.24, 2.45) is 0 Å². The first-order chi connectivity index (χ1) is 61.8. The van der Waals surface area contributed by atoms with Crippen molar-refractivity contribution >= 4 is 176 Å². The molecule has 12 aromatic heterocycles. The zero-order valence-electron chi connectivity index (χ0n) is 72.5. The molecule has 17 aromatic rings. The van der Waals surface area contributed by atoms with Crippen LogP contribution in [0.25, 0.3) is 100 Å². The molecule has 17 rings (SSSR count). The molecule has 0 aliphatic carbocycles. The highest BCUT2D eigenvalue weighted by atomic mass is 79.9. The van der Waals surface area contributed by atoms with Crippen LogP contribution in [0, 0.1) is 27.7 Å². The molecule has 0 saturated heterocycles. The number of aryl methyl sites for hydroxylation is 4. The van der Waals surface area contributed by atoms with Gasteiger partial charge in [0.1, 0.15) is 109 Å². The Bertz CT molecular complexity index is 6960. The number of hydrogen-bond donors (Lipinski definition) is 8. The van der Waals surface area contributed by atoms with Crippen LogP contribution in [0.3, 0.4) is 0 Å². The van der Waals surface area contributed by atoms with E-state index in [1.807, 2.05) is 215 Å². The van der Waals surface area contributed by atoms with Gasteiger partial charge in [0.05, 0.1) is 59.8 Å². The smallest absolute Gasteiger partial charge is 0.271 e. The highest BCUT2D eigenvalue weighted by molar-refractivity contribution is 9.10. The Labute approximate surface area is 779 Å². The van der Waals surface area contributed by atoms with Crippen molar-refractivity contribution in [2.45, 2.75) is 105 Å². The van der Waals surface area contributed by atoms with Crippen molar-refractivity contribution in [3.63, 3.8) is 0 Å². The summed E-state index contributed by atoms with van der Waals surface area (Å²) in [4.78, 5) is 102. The van der Waals surface area contributed by atoms with E-state index in [0.29, 0.717) is 107 Å². The van der Waals surface area contributed by atoms with Gasteiger partial charge in [-0.3, -0.25) is 19.2 Å². The number of hydrogen-bond acceptors (Lipinski definition) is 24. The largest absolute Gasteiger partial charge is 0.383 e. The van der Waals surface area contributed by atoms with Gasteiger partial charge in [-0.05, 0) is 148 Å². The Balaban J connectivity index is 0.000000140. The number of rotatable bonds is 20. The summed E-state index contributed by atoms with van der Waals surface area (Å²) < 4.78 is 7.66. The number of pyridine rings is 4. The maximum Gasteiger partial charge on any atom is 0.271 e. The third-order valence-electron chi connectivity index (χ3n) is 21.2. The number of nitrogens with zero attached hydrogens (tertiary/aromatic N) is 20. The van der Waals surface area contributed by atoms with Gasteiger partial charge < -0.3 is 44.2 Å². The number of amides is 4. The fourth-order valence-corrected chi connectivity index (χ4v) is 15.3. The maximum atomic E-state index is 12.9. The van der Waals surface area contributed by atoms with Gasteiger partial charge in [0.15, 0.2) is 22.6 Å². The first kappa shape index (κ1) is 92.4. The SMILES string of the molecule is Cc1ccc(-c2nn(C(C)(C)CNC(=O)c3ccc(Cl)nc3Cl)c3ncnc(N)c23)cc1.Cc1ccc(-c2nn(C(C)(C)CNC(=O)c3ccc4ccccc4n3)c3ncnc(N)c23)cc1.Cc1ccc(-c2nn(C(C)(C)CNC(=O)c3nc(Cl)ccc3Br)c3ncnc(N)c23)cc1.Cc1ccc(-c2nn(C(C)(C)CNC(=O)c3nc(Cl)ccc3Cl)c3ncnc(N)c23)cc1. The fourth-order valence-electron chi connectivity index (χ4n) is 14.0. The molecule has 12 N–H and O–H groups in total. The Kier molecular flexibility index (Phi) is 27.2. The number of nitrogens with one attached hydrogen (secondary N) is 4. The lowest BCUT2D eigenvalue weighted by Gasteiger charge is -2.26. The van der Waals surface area contributed by atoms with Gasteiger partial charge in [-0.25, -0.2) is 78.5 Å². The zero-order chi connectivity index (χ0) is 93.0. The van der Waals surface area contributed by atoms with Crippen LogP contribution < -0.4 is 44.2 Å². The van der Waals surface area contributed by atoms with E-state index in [9.17, 15) is 19.2 Å². The molecular formula is C92H88BrCl5N28O4. The van der Waals surface area contributed by atoms with E-state index in [1.165, 1.54) is 49.6 Å². The number of nitrogens with two attached hydrogens (primary N) is 4. The van der Waals surface area contributed by atoms with Gasteiger partial charge in [-0.1, -0.05) is 202 Å². The average Bonchev–Trinajstić information content (AvgIpc) is 1.62. The predicted octanol–water partition coefficient (Wildman–Crippen LogP) is 17.0. The number of nitrogen functional groups attached to an aromatic ring is 4. The normalized spacial score (nSPS) is 11.7. The first-order valence-electron chi connectivity index (χ1n) is 40.6.